The third-order valence-electron chi connectivity index (χ3n) is 4.36. The molecule has 1 aliphatic carbocycles. The molecule has 0 N–H and O–H groups in total. The van der Waals surface area contributed by atoms with E-state index < -0.39 is 0 Å². The van der Waals surface area contributed by atoms with Gasteiger partial charge in [0.25, 0.3) is 0 Å². The predicted octanol–water partition coefficient (Wildman–Crippen LogP) is 6.42. The number of hydrogen-bond donors (Lipinski definition) is 0. The van der Waals surface area contributed by atoms with Crippen LogP contribution in [0.15, 0.2) is 46.9 Å². The van der Waals surface area contributed by atoms with Gasteiger partial charge in [0.1, 0.15) is 0 Å². The van der Waals surface area contributed by atoms with Crippen LogP contribution in [0.1, 0.15) is 43.4 Å². The van der Waals surface area contributed by atoms with E-state index in [1.54, 1.807) is 0 Å². The van der Waals surface area contributed by atoms with Crippen molar-refractivity contribution < 1.29 is 0 Å². The first kappa shape index (κ1) is 14.6. The van der Waals surface area contributed by atoms with Gasteiger partial charge in [-0.3, -0.25) is 0 Å². The zero-order chi connectivity index (χ0) is 14.8. The first-order valence-electron chi connectivity index (χ1n) is 7.78. The summed E-state index contributed by atoms with van der Waals surface area (Å²) < 4.78 is 1.20. The number of unbranched alkanes of at least 4 members (excludes halogenated alkanes) is 1. The third-order valence-corrected chi connectivity index (χ3v) is 5.02. The summed E-state index contributed by atoms with van der Waals surface area (Å²) in [6.45, 7) is 4.45. The molecule has 0 unspecified atom stereocenters. The maximum absolute atomic E-state index is 3.74. The standard InChI is InChI=1S/C20H21Br/c1-3-4-5-15-7-9-16(10-8-15)20-18-11-6-14(2)17(18)12-13-19(20)21/h6-10,12-13H,3-5,11H2,1-2H3. The van der Waals surface area contributed by atoms with Crippen molar-refractivity contribution in [2.24, 2.45) is 0 Å². The second-order valence-electron chi connectivity index (χ2n) is 5.84. The Hall–Kier alpha value is -1.34. The van der Waals surface area contributed by atoms with Crippen LogP contribution >= 0.6 is 15.9 Å². The van der Waals surface area contributed by atoms with Gasteiger partial charge in [-0.05, 0) is 65.6 Å². The van der Waals surface area contributed by atoms with E-state index in [2.05, 4.69) is 72.3 Å². The van der Waals surface area contributed by atoms with E-state index in [-0.39, 0.29) is 0 Å². The zero-order valence-electron chi connectivity index (χ0n) is 12.7. The lowest BCUT2D eigenvalue weighted by molar-refractivity contribution is 0.795. The molecule has 0 saturated carbocycles. The van der Waals surface area contributed by atoms with Crippen molar-refractivity contribution in [2.45, 2.75) is 39.5 Å². The topological polar surface area (TPSA) is 0 Å². The molecule has 21 heavy (non-hydrogen) atoms. The van der Waals surface area contributed by atoms with Crippen molar-refractivity contribution in [3.8, 4) is 11.1 Å². The Kier molecular flexibility index (Phi) is 4.30. The minimum absolute atomic E-state index is 1.05. The van der Waals surface area contributed by atoms with Gasteiger partial charge in [-0.2, -0.15) is 0 Å². The van der Waals surface area contributed by atoms with Crippen molar-refractivity contribution in [3.05, 3.63) is 63.6 Å². The Balaban J connectivity index is 1.98. The number of aryl methyl sites for hydroxylation is 1. The van der Waals surface area contributed by atoms with Crippen LogP contribution in [0.2, 0.25) is 0 Å². The highest BCUT2D eigenvalue weighted by Crippen LogP contribution is 2.39. The highest BCUT2D eigenvalue weighted by atomic mass is 79.9. The molecule has 0 amide bonds. The van der Waals surface area contributed by atoms with Crippen LogP contribution in [0.5, 0.6) is 0 Å². The van der Waals surface area contributed by atoms with Crippen LogP contribution in [0.3, 0.4) is 0 Å². The van der Waals surface area contributed by atoms with Crippen LogP contribution < -0.4 is 0 Å². The average molecular weight is 341 g/mol. The van der Waals surface area contributed by atoms with Crippen molar-refractivity contribution in [1.82, 2.24) is 0 Å². The van der Waals surface area contributed by atoms with E-state index in [1.807, 2.05) is 0 Å². The maximum atomic E-state index is 3.74. The predicted molar refractivity (Wildman–Crippen MR) is 95.5 cm³/mol. The van der Waals surface area contributed by atoms with Gasteiger partial charge in [-0.25, -0.2) is 0 Å². The molecule has 0 radical (unpaired) electrons. The molecule has 0 spiro atoms. The molecule has 0 saturated heterocycles. The van der Waals surface area contributed by atoms with E-state index in [1.165, 1.54) is 57.1 Å². The minimum atomic E-state index is 1.05. The third kappa shape index (κ3) is 2.85. The summed E-state index contributed by atoms with van der Waals surface area (Å²) in [5.41, 5.74) is 8.40. The second-order valence-corrected chi connectivity index (χ2v) is 6.69. The smallest absolute Gasteiger partial charge is 0.0257 e. The fourth-order valence-corrected chi connectivity index (χ4v) is 3.70. The van der Waals surface area contributed by atoms with Crippen LogP contribution in [0.25, 0.3) is 16.7 Å². The van der Waals surface area contributed by atoms with Gasteiger partial charge >= 0.3 is 0 Å². The summed E-state index contributed by atoms with van der Waals surface area (Å²) in [4.78, 5) is 0. The highest BCUT2D eigenvalue weighted by molar-refractivity contribution is 9.10. The first-order valence-corrected chi connectivity index (χ1v) is 8.58. The molecule has 0 aromatic heterocycles. The lowest BCUT2D eigenvalue weighted by atomic mass is 9.94. The van der Waals surface area contributed by atoms with Gasteiger partial charge in [0.05, 0.1) is 0 Å². The molecule has 1 aliphatic rings. The van der Waals surface area contributed by atoms with E-state index in [4.69, 9.17) is 0 Å². The fraction of sp³-hybridized carbons (Fsp3) is 0.300. The quantitative estimate of drug-likeness (QED) is 0.602. The van der Waals surface area contributed by atoms with Crippen molar-refractivity contribution in [3.63, 3.8) is 0 Å². The van der Waals surface area contributed by atoms with Gasteiger partial charge in [-0.1, -0.05) is 65.7 Å². The molecule has 0 heterocycles. The van der Waals surface area contributed by atoms with Gasteiger partial charge in [0, 0.05) is 4.47 Å². The molecule has 108 valence electrons. The van der Waals surface area contributed by atoms with E-state index in [9.17, 15) is 0 Å². The number of halogens is 1. The summed E-state index contributed by atoms with van der Waals surface area (Å²) in [7, 11) is 0. The molecule has 0 nitrogen and oxygen atoms in total. The molecule has 0 bridgehead atoms. The number of fused-ring (bicyclic) bond motifs is 1. The molecule has 0 atom stereocenters. The van der Waals surface area contributed by atoms with Gasteiger partial charge < -0.3 is 0 Å². The van der Waals surface area contributed by atoms with Crippen LogP contribution in [-0.4, -0.2) is 0 Å². The Morgan fingerprint density at radius 3 is 2.52 bits per heavy atom. The molecule has 3 rings (SSSR count). The number of hydrogen-bond acceptors (Lipinski definition) is 0. The number of benzene rings is 2. The Labute approximate surface area is 136 Å². The Morgan fingerprint density at radius 2 is 1.81 bits per heavy atom. The fourth-order valence-electron chi connectivity index (χ4n) is 3.10. The van der Waals surface area contributed by atoms with Crippen molar-refractivity contribution >= 4 is 21.5 Å². The summed E-state index contributed by atoms with van der Waals surface area (Å²) in [6, 6.07) is 13.5. The Bertz CT molecular complexity index is 678. The van der Waals surface area contributed by atoms with E-state index in [0.29, 0.717) is 0 Å². The van der Waals surface area contributed by atoms with Crippen molar-refractivity contribution in [2.75, 3.05) is 0 Å². The Morgan fingerprint density at radius 1 is 1.05 bits per heavy atom. The summed E-state index contributed by atoms with van der Waals surface area (Å²) in [5.74, 6) is 0. The summed E-state index contributed by atoms with van der Waals surface area (Å²) >= 11 is 3.74. The largest absolute Gasteiger partial charge is 0.0765 e. The maximum Gasteiger partial charge on any atom is 0.0257 e. The molecule has 0 fully saturated rings. The van der Waals surface area contributed by atoms with Gasteiger partial charge in [-0.15, -0.1) is 0 Å². The zero-order valence-corrected chi connectivity index (χ0v) is 14.3. The molecule has 2 aromatic rings. The SMILES string of the molecule is CCCCc1ccc(-c2c(Br)ccc3c2CC=C3C)cc1. The minimum Gasteiger partial charge on any atom is -0.0765 e. The molecular weight excluding hydrogens is 320 g/mol. The van der Waals surface area contributed by atoms with Crippen molar-refractivity contribution in [1.29, 1.82) is 0 Å². The van der Waals surface area contributed by atoms with Crippen LogP contribution in [-0.2, 0) is 12.8 Å². The van der Waals surface area contributed by atoms with Crippen LogP contribution in [0.4, 0.5) is 0 Å². The van der Waals surface area contributed by atoms with Gasteiger partial charge in [0.15, 0.2) is 0 Å². The molecule has 2 aromatic carbocycles. The lowest BCUT2D eigenvalue weighted by Gasteiger charge is -2.13. The number of rotatable bonds is 4. The lowest BCUT2D eigenvalue weighted by Crippen LogP contribution is -1.92. The summed E-state index contributed by atoms with van der Waals surface area (Å²) in [6.07, 6.45) is 7.09. The highest BCUT2D eigenvalue weighted by Gasteiger charge is 2.17. The normalized spacial score (nSPS) is 13.2. The first-order chi connectivity index (χ1) is 10.2. The van der Waals surface area contributed by atoms with E-state index in [0.717, 1.165) is 6.42 Å². The monoisotopic (exact) mass is 340 g/mol. The summed E-state index contributed by atoms with van der Waals surface area (Å²) in [5, 5.41) is 0. The van der Waals surface area contributed by atoms with Crippen LogP contribution in [0, 0.1) is 0 Å². The van der Waals surface area contributed by atoms with E-state index >= 15 is 0 Å². The molecular formula is C20H21Br. The second kappa shape index (κ2) is 6.19. The number of allylic oxidation sites excluding steroid dienone is 2. The average Bonchev–Trinajstić information content (AvgIpc) is 2.87. The molecule has 0 aliphatic heterocycles. The van der Waals surface area contributed by atoms with Gasteiger partial charge in [0.2, 0.25) is 0 Å². The molecule has 1 heteroatoms.